The zero-order chi connectivity index (χ0) is 9.26. The van der Waals surface area contributed by atoms with Gasteiger partial charge in [0.05, 0.1) is 0 Å². The lowest BCUT2D eigenvalue weighted by atomic mass is 10.2. The van der Waals surface area contributed by atoms with Crippen LogP contribution in [0.3, 0.4) is 0 Å². The molecule has 0 spiro atoms. The van der Waals surface area contributed by atoms with Crippen molar-refractivity contribution in [1.82, 2.24) is 9.88 Å². The van der Waals surface area contributed by atoms with Gasteiger partial charge in [0.15, 0.2) is 12.0 Å². The Morgan fingerprint density at radius 3 is 3.00 bits per heavy atom. The topological polar surface area (TPSA) is 29.3 Å². The van der Waals surface area contributed by atoms with Crippen LogP contribution in [0.4, 0.5) is 0 Å². The summed E-state index contributed by atoms with van der Waals surface area (Å²) in [5, 5.41) is 0. The molecule has 1 aromatic carbocycles. The molecule has 0 aliphatic rings. The molecule has 13 heavy (non-hydrogen) atoms. The molecule has 68 valence electrons. The van der Waals surface area contributed by atoms with Crippen LogP contribution in [0, 0.1) is 0 Å². The first-order chi connectivity index (χ1) is 6.25. The van der Waals surface area contributed by atoms with Crippen LogP contribution in [-0.4, -0.2) is 24.0 Å². The maximum absolute atomic E-state index is 5.15. The molecule has 0 aliphatic heterocycles. The van der Waals surface area contributed by atoms with Crippen molar-refractivity contribution in [3.8, 4) is 0 Å². The molecule has 0 unspecified atom stereocenters. The molecule has 1 heterocycles. The monoisotopic (exact) mass is 176 g/mol. The molecule has 3 nitrogen and oxygen atoms in total. The number of hydrogen-bond donors (Lipinski definition) is 0. The first-order valence-electron chi connectivity index (χ1n) is 4.22. The smallest absolute Gasteiger partial charge is 0.181 e. The summed E-state index contributed by atoms with van der Waals surface area (Å²) in [5.41, 5.74) is 3.04. The second-order valence-corrected chi connectivity index (χ2v) is 3.39. The molecule has 0 amide bonds. The first-order valence-corrected chi connectivity index (χ1v) is 4.22. The summed E-state index contributed by atoms with van der Waals surface area (Å²) >= 11 is 0. The quantitative estimate of drug-likeness (QED) is 0.699. The number of hydrogen-bond acceptors (Lipinski definition) is 3. The van der Waals surface area contributed by atoms with Gasteiger partial charge in [-0.1, -0.05) is 6.07 Å². The van der Waals surface area contributed by atoms with Gasteiger partial charge in [0.1, 0.15) is 5.52 Å². The predicted octanol–water partition coefficient (Wildman–Crippen LogP) is 1.89. The minimum absolute atomic E-state index is 0.850. The van der Waals surface area contributed by atoms with Gasteiger partial charge in [-0.3, -0.25) is 0 Å². The average molecular weight is 176 g/mol. The minimum Gasteiger partial charge on any atom is -0.443 e. The molecule has 0 saturated carbocycles. The molecule has 1 aromatic heterocycles. The molecular weight excluding hydrogens is 164 g/mol. The highest BCUT2D eigenvalue weighted by Gasteiger charge is 2.00. The average Bonchev–Trinajstić information content (AvgIpc) is 2.49. The molecule has 0 bridgehead atoms. The number of rotatable bonds is 2. The standard InChI is InChI=1S/C10H12N2O/c1-12(2)6-8-3-4-10-9(5-8)11-7-13-10/h3-5,7H,6H2,1-2H3. The zero-order valence-corrected chi connectivity index (χ0v) is 7.82. The van der Waals surface area contributed by atoms with Crippen molar-refractivity contribution >= 4 is 11.1 Å². The summed E-state index contributed by atoms with van der Waals surface area (Å²) in [7, 11) is 4.10. The molecule has 0 fully saturated rings. The third kappa shape index (κ3) is 1.70. The van der Waals surface area contributed by atoms with E-state index in [4.69, 9.17) is 4.42 Å². The Morgan fingerprint density at radius 1 is 1.38 bits per heavy atom. The summed E-state index contributed by atoms with van der Waals surface area (Å²) in [6, 6.07) is 6.08. The number of oxazole rings is 1. The van der Waals surface area contributed by atoms with Gasteiger partial charge in [0, 0.05) is 6.54 Å². The normalized spacial score (nSPS) is 11.3. The van der Waals surface area contributed by atoms with Crippen molar-refractivity contribution < 1.29 is 4.42 Å². The van der Waals surface area contributed by atoms with Crippen LogP contribution in [-0.2, 0) is 6.54 Å². The summed E-state index contributed by atoms with van der Waals surface area (Å²) < 4.78 is 5.15. The SMILES string of the molecule is CN(C)Cc1ccc2ocnc2c1. The first kappa shape index (κ1) is 8.26. The van der Waals surface area contributed by atoms with E-state index in [2.05, 4.69) is 22.0 Å². The van der Waals surface area contributed by atoms with E-state index in [1.54, 1.807) is 0 Å². The van der Waals surface area contributed by atoms with Crippen molar-refractivity contribution in [1.29, 1.82) is 0 Å². The highest BCUT2D eigenvalue weighted by molar-refractivity contribution is 5.72. The van der Waals surface area contributed by atoms with E-state index in [0.717, 1.165) is 17.6 Å². The third-order valence-corrected chi connectivity index (χ3v) is 1.89. The molecule has 2 aromatic rings. The van der Waals surface area contributed by atoms with E-state index in [0.29, 0.717) is 0 Å². The maximum atomic E-state index is 5.15. The van der Waals surface area contributed by atoms with E-state index >= 15 is 0 Å². The molecule has 3 heteroatoms. The van der Waals surface area contributed by atoms with Crippen LogP contribution < -0.4 is 0 Å². The fraction of sp³-hybridized carbons (Fsp3) is 0.300. The number of benzene rings is 1. The van der Waals surface area contributed by atoms with Gasteiger partial charge >= 0.3 is 0 Å². The van der Waals surface area contributed by atoms with Gasteiger partial charge in [-0.2, -0.15) is 0 Å². The van der Waals surface area contributed by atoms with Gasteiger partial charge in [0.25, 0.3) is 0 Å². The Balaban J connectivity index is 2.37. The van der Waals surface area contributed by atoms with Gasteiger partial charge in [-0.15, -0.1) is 0 Å². The van der Waals surface area contributed by atoms with Crippen molar-refractivity contribution in [2.24, 2.45) is 0 Å². The Kier molecular flexibility index (Phi) is 2.02. The lowest BCUT2D eigenvalue weighted by Gasteiger charge is -2.08. The maximum Gasteiger partial charge on any atom is 0.181 e. The third-order valence-electron chi connectivity index (χ3n) is 1.89. The minimum atomic E-state index is 0.850. The largest absolute Gasteiger partial charge is 0.443 e. The van der Waals surface area contributed by atoms with Crippen molar-refractivity contribution in [2.45, 2.75) is 6.54 Å². The van der Waals surface area contributed by atoms with Crippen LogP contribution in [0.25, 0.3) is 11.1 Å². The van der Waals surface area contributed by atoms with E-state index in [-0.39, 0.29) is 0 Å². The number of nitrogens with zero attached hydrogens (tertiary/aromatic N) is 2. The molecule has 0 N–H and O–H groups in total. The van der Waals surface area contributed by atoms with Crippen molar-refractivity contribution in [2.75, 3.05) is 14.1 Å². The molecule has 0 atom stereocenters. The van der Waals surface area contributed by atoms with Gasteiger partial charge in [0.2, 0.25) is 0 Å². The van der Waals surface area contributed by atoms with Gasteiger partial charge in [-0.05, 0) is 31.8 Å². The molecule has 0 radical (unpaired) electrons. The molecule has 0 saturated heterocycles. The lowest BCUT2D eigenvalue weighted by Crippen LogP contribution is -2.10. The summed E-state index contributed by atoms with van der Waals surface area (Å²) in [6.45, 7) is 0.933. The summed E-state index contributed by atoms with van der Waals surface area (Å²) in [4.78, 5) is 6.23. The Hall–Kier alpha value is -1.35. The van der Waals surface area contributed by atoms with Crippen LogP contribution in [0.2, 0.25) is 0 Å². The second-order valence-electron chi connectivity index (χ2n) is 3.39. The lowest BCUT2D eigenvalue weighted by molar-refractivity contribution is 0.402. The Labute approximate surface area is 77.0 Å². The highest BCUT2D eigenvalue weighted by Crippen LogP contribution is 2.14. The fourth-order valence-electron chi connectivity index (χ4n) is 1.37. The summed E-state index contributed by atoms with van der Waals surface area (Å²) in [5.74, 6) is 0. The highest BCUT2D eigenvalue weighted by atomic mass is 16.3. The van der Waals surface area contributed by atoms with Crippen LogP contribution in [0.15, 0.2) is 29.0 Å². The molecule has 2 rings (SSSR count). The number of fused-ring (bicyclic) bond motifs is 1. The van der Waals surface area contributed by atoms with Crippen molar-refractivity contribution in [3.05, 3.63) is 30.2 Å². The fourth-order valence-corrected chi connectivity index (χ4v) is 1.37. The van der Waals surface area contributed by atoms with Gasteiger partial charge < -0.3 is 9.32 Å². The van der Waals surface area contributed by atoms with Crippen LogP contribution in [0.5, 0.6) is 0 Å². The zero-order valence-electron chi connectivity index (χ0n) is 7.82. The van der Waals surface area contributed by atoms with E-state index < -0.39 is 0 Å². The second kappa shape index (κ2) is 3.18. The Morgan fingerprint density at radius 2 is 2.23 bits per heavy atom. The van der Waals surface area contributed by atoms with Crippen LogP contribution in [0.1, 0.15) is 5.56 Å². The predicted molar refractivity (Wildman–Crippen MR) is 51.4 cm³/mol. The van der Waals surface area contributed by atoms with E-state index in [9.17, 15) is 0 Å². The van der Waals surface area contributed by atoms with Crippen molar-refractivity contribution in [3.63, 3.8) is 0 Å². The van der Waals surface area contributed by atoms with Gasteiger partial charge in [-0.25, -0.2) is 4.98 Å². The Bertz CT molecular complexity index is 406. The summed E-state index contributed by atoms with van der Waals surface area (Å²) in [6.07, 6.45) is 1.48. The molecule has 0 aliphatic carbocycles. The molecular formula is C10H12N2O. The van der Waals surface area contributed by atoms with Crippen LogP contribution >= 0.6 is 0 Å². The number of aromatic nitrogens is 1. The van der Waals surface area contributed by atoms with E-state index in [1.165, 1.54) is 12.0 Å². The van der Waals surface area contributed by atoms with E-state index in [1.807, 2.05) is 20.2 Å².